The molecule has 1 heterocycles. The van der Waals surface area contributed by atoms with Crippen molar-refractivity contribution in [2.24, 2.45) is 11.3 Å². The molecule has 3 rings (SSSR count). The molecule has 1 aromatic rings. The first-order chi connectivity index (χ1) is 10.9. The molecule has 2 bridgehead atoms. The molecule has 3 unspecified atom stereocenters. The number of carbonyl (C=O) groups is 1. The molecule has 23 heavy (non-hydrogen) atoms. The van der Waals surface area contributed by atoms with Gasteiger partial charge in [0.05, 0.1) is 0 Å². The van der Waals surface area contributed by atoms with Crippen LogP contribution in [0.2, 0.25) is 0 Å². The van der Waals surface area contributed by atoms with E-state index in [4.69, 9.17) is 4.74 Å². The molecular weight excluding hydrogens is 288 g/mol. The van der Waals surface area contributed by atoms with Crippen molar-refractivity contribution >= 4 is 6.09 Å². The molecule has 3 atom stereocenters. The molecule has 0 radical (unpaired) electrons. The first kappa shape index (κ1) is 16.3. The first-order valence-electron chi connectivity index (χ1n) is 8.62. The third-order valence-electron chi connectivity index (χ3n) is 5.10. The second kappa shape index (κ2) is 6.16. The average Bonchev–Trinajstić information content (AvgIpc) is 2.66. The highest BCUT2D eigenvalue weighted by atomic mass is 16.6. The largest absolute Gasteiger partial charge is 0.444 e. The van der Waals surface area contributed by atoms with E-state index in [1.54, 1.807) is 0 Å². The van der Waals surface area contributed by atoms with E-state index in [-0.39, 0.29) is 17.6 Å². The summed E-state index contributed by atoms with van der Waals surface area (Å²) in [6, 6.07) is 10.8. The van der Waals surface area contributed by atoms with Gasteiger partial charge in [0.2, 0.25) is 0 Å². The predicted octanol–water partition coefficient (Wildman–Crippen LogP) is 3.12. The Balaban J connectivity index is 1.75. The van der Waals surface area contributed by atoms with Gasteiger partial charge in [-0.25, -0.2) is 4.79 Å². The Morgan fingerprint density at radius 1 is 1.35 bits per heavy atom. The van der Waals surface area contributed by atoms with E-state index in [0.29, 0.717) is 5.92 Å². The van der Waals surface area contributed by atoms with Gasteiger partial charge >= 0.3 is 6.09 Å². The molecule has 1 saturated heterocycles. The number of hydrogen-bond acceptors (Lipinski definition) is 3. The van der Waals surface area contributed by atoms with Gasteiger partial charge in [-0.3, -0.25) is 0 Å². The first-order valence-corrected chi connectivity index (χ1v) is 8.62. The Labute approximate surface area is 139 Å². The van der Waals surface area contributed by atoms with Gasteiger partial charge in [-0.05, 0) is 58.1 Å². The van der Waals surface area contributed by atoms with Crippen LogP contribution < -0.4 is 10.6 Å². The minimum Gasteiger partial charge on any atom is -0.444 e. The van der Waals surface area contributed by atoms with E-state index in [0.717, 1.165) is 25.9 Å². The number of rotatable bonds is 3. The molecule has 1 aliphatic carbocycles. The summed E-state index contributed by atoms with van der Waals surface area (Å²) in [5.74, 6) is 0.500. The average molecular weight is 316 g/mol. The van der Waals surface area contributed by atoms with Gasteiger partial charge in [-0.15, -0.1) is 0 Å². The fourth-order valence-corrected chi connectivity index (χ4v) is 4.19. The molecule has 126 valence electrons. The van der Waals surface area contributed by atoms with Crippen LogP contribution in [-0.4, -0.2) is 30.8 Å². The smallest absolute Gasteiger partial charge is 0.407 e. The standard InChI is InChI=1S/C19H28N2O2/c1-18(2,3)23-17(22)21-16-15-9-10-19(16,13-20-12-15)11-14-7-5-4-6-8-14/h4-8,15-16,20H,9-13H2,1-3H3,(H,21,22). The van der Waals surface area contributed by atoms with Gasteiger partial charge in [-0.2, -0.15) is 0 Å². The third-order valence-corrected chi connectivity index (χ3v) is 5.10. The maximum atomic E-state index is 12.3. The van der Waals surface area contributed by atoms with Gasteiger partial charge < -0.3 is 15.4 Å². The van der Waals surface area contributed by atoms with Crippen LogP contribution in [0.3, 0.4) is 0 Å². The number of alkyl carbamates (subject to hydrolysis) is 1. The molecule has 4 nitrogen and oxygen atoms in total. The maximum absolute atomic E-state index is 12.3. The number of fused-ring (bicyclic) bond motifs is 2. The van der Waals surface area contributed by atoms with Crippen LogP contribution in [0, 0.1) is 11.3 Å². The molecule has 4 heteroatoms. The summed E-state index contributed by atoms with van der Waals surface area (Å²) >= 11 is 0. The summed E-state index contributed by atoms with van der Waals surface area (Å²) in [4.78, 5) is 12.3. The number of nitrogens with one attached hydrogen (secondary N) is 2. The van der Waals surface area contributed by atoms with Crippen molar-refractivity contribution in [3.63, 3.8) is 0 Å². The highest BCUT2D eigenvalue weighted by molar-refractivity contribution is 5.68. The molecule has 0 spiro atoms. The number of amides is 1. The van der Waals surface area contributed by atoms with Crippen molar-refractivity contribution in [3.05, 3.63) is 35.9 Å². The normalized spacial score (nSPS) is 30.0. The van der Waals surface area contributed by atoms with Crippen LogP contribution in [0.5, 0.6) is 0 Å². The van der Waals surface area contributed by atoms with E-state index in [9.17, 15) is 4.79 Å². The lowest BCUT2D eigenvalue weighted by atomic mass is 9.73. The van der Waals surface area contributed by atoms with E-state index in [2.05, 4.69) is 34.9 Å². The van der Waals surface area contributed by atoms with Crippen LogP contribution >= 0.6 is 0 Å². The zero-order chi connectivity index (χ0) is 16.5. The molecule has 1 amide bonds. The molecule has 1 aromatic carbocycles. The summed E-state index contributed by atoms with van der Waals surface area (Å²) in [5, 5.41) is 6.76. The fourth-order valence-electron chi connectivity index (χ4n) is 4.19. The third kappa shape index (κ3) is 3.69. The Hall–Kier alpha value is -1.55. The van der Waals surface area contributed by atoms with Gasteiger partial charge in [-0.1, -0.05) is 30.3 Å². The molecule has 1 saturated carbocycles. The van der Waals surface area contributed by atoms with Crippen LogP contribution in [-0.2, 0) is 11.2 Å². The molecule has 2 fully saturated rings. The molecule has 1 aliphatic heterocycles. The zero-order valence-corrected chi connectivity index (χ0v) is 14.4. The second-order valence-electron chi connectivity index (χ2n) is 8.08. The van der Waals surface area contributed by atoms with Crippen LogP contribution in [0.25, 0.3) is 0 Å². The van der Waals surface area contributed by atoms with Crippen molar-refractivity contribution in [2.75, 3.05) is 13.1 Å². The Bertz CT molecular complexity index is 548. The Kier molecular flexibility index (Phi) is 4.37. The van der Waals surface area contributed by atoms with Crippen molar-refractivity contribution in [1.82, 2.24) is 10.6 Å². The summed E-state index contributed by atoms with van der Waals surface area (Å²) < 4.78 is 5.49. The number of benzene rings is 1. The molecule has 2 N–H and O–H groups in total. The summed E-state index contributed by atoms with van der Waals surface area (Å²) in [6.45, 7) is 7.66. The highest BCUT2D eigenvalue weighted by Gasteiger charge is 2.51. The maximum Gasteiger partial charge on any atom is 0.407 e. The van der Waals surface area contributed by atoms with Crippen molar-refractivity contribution in [2.45, 2.75) is 51.7 Å². The van der Waals surface area contributed by atoms with Crippen LogP contribution in [0.4, 0.5) is 4.79 Å². The lowest BCUT2D eigenvalue weighted by molar-refractivity contribution is 0.0409. The summed E-state index contributed by atoms with van der Waals surface area (Å²) in [6.07, 6.45) is 3.03. The topological polar surface area (TPSA) is 50.4 Å². The van der Waals surface area contributed by atoms with Gasteiger partial charge in [0.15, 0.2) is 0 Å². The quantitative estimate of drug-likeness (QED) is 0.901. The minimum absolute atomic E-state index is 0.0984. The van der Waals surface area contributed by atoms with Crippen LogP contribution in [0.15, 0.2) is 30.3 Å². The SMILES string of the molecule is CC(C)(C)OC(=O)NC1C2CCC1(Cc1ccccc1)CNC2. The van der Waals surface area contributed by atoms with E-state index in [1.165, 1.54) is 12.0 Å². The summed E-state index contributed by atoms with van der Waals surface area (Å²) in [5.41, 5.74) is 0.983. The molecular formula is C19H28N2O2. The van der Waals surface area contributed by atoms with Crippen LogP contribution in [0.1, 0.15) is 39.2 Å². The van der Waals surface area contributed by atoms with Gasteiger partial charge in [0.25, 0.3) is 0 Å². The lowest BCUT2D eigenvalue weighted by Crippen LogP contribution is -2.58. The van der Waals surface area contributed by atoms with E-state index in [1.807, 2.05) is 26.8 Å². The van der Waals surface area contributed by atoms with E-state index >= 15 is 0 Å². The summed E-state index contributed by atoms with van der Waals surface area (Å²) in [7, 11) is 0. The predicted molar refractivity (Wildman–Crippen MR) is 91.3 cm³/mol. The minimum atomic E-state index is -0.456. The Morgan fingerprint density at radius 3 is 2.78 bits per heavy atom. The van der Waals surface area contributed by atoms with E-state index < -0.39 is 5.60 Å². The Morgan fingerprint density at radius 2 is 2.09 bits per heavy atom. The van der Waals surface area contributed by atoms with Gasteiger partial charge in [0.1, 0.15) is 5.60 Å². The second-order valence-corrected chi connectivity index (χ2v) is 8.08. The number of piperidine rings is 1. The van der Waals surface area contributed by atoms with Gasteiger partial charge in [0, 0.05) is 18.0 Å². The zero-order valence-electron chi connectivity index (χ0n) is 14.4. The molecule has 2 aliphatic rings. The van der Waals surface area contributed by atoms with Crippen molar-refractivity contribution < 1.29 is 9.53 Å². The number of hydrogen-bond donors (Lipinski definition) is 2. The van der Waals surface area contributed by atoms with Crippen molar-refractivity contribution in [3.8, 4) is 0 Å². The fraction of sp³-hybridized carbons (Fsp3) is 0.632. The lowest BCUT2D eigenvalue weighted by Gasteiger charge is -2.42. The molecule has 0 aromatic heterocycles. The van der Waals surface area contributed by atoms with Crippen molar-refractivity contribution in [1.29, 1.82) is 0 Å². The highest BCUT2D eigenvalue weighted by Crippen LogP contribution is 2.46. The number of carbonyl (C=O) groups excluding carboxylic acids is 1. The number of ether oxygens (including phenoxy) is 1. The monoisotopic (exact) mass is 316 g/mol.